The highest BCUT2D eigenvalue weighted by atomic mass is 16.1. The predicted octanol–water partition coefficient (Wildman–Crippen LogP) is 3.09. The van der Waals surface area contributed by atoms with Crippen LogP contribution in [0.5, 0.6) is 0 Å². The van der Waals surface area contributed by atoms with Crippen LogP contribution < -0.4 is 0 Å². The van der Waals surface area contributed by atoms with Crippen LogP contribution >= 0.6 is 0 Å². The first kappa shape index (κ1) is 11.0. The van der Waals surface area contributed by atoms with E-state index >= 15 is 0 Å². The second-order valence-corrected chi connectivity index (χ2v) is 5.69. The van der Waals surface area contributed by atoms with Crippen LogP contribution in [0.4, 0.5) is 0 Å². The molecule has 2 aliphatic rings. The lowest BCUT2D eigenvalue weighted by Crippen LogP contribution is -1.99. The number of fused-ring (bicyclic) bond motifs is 1. The quantitative estimate of drug-likeness (QED) is 0.841. The molecule has 0 aliphatic heterocycles. The molecule has 0 bridgehead atoms. The molecule has 1 fully saturated rings. The Morgan fingerprint density at radius 2 is 2.11 bits per heavy atom. The lowest BCUT2D eigenvalue weighted by Gasteiger charge is -2.02. The third-order valence-corrected chi connectivity index (χ3v) is 4.14. The highest BCUT2D eigenvalue weighted by molar-refractivity contribution is 6.01. The number of hydrogen-bond acceptors (Lipinski definition) is 2. The molecule has 1 saturated carbocycles. The molecule has 0 unspecified atom stereocenters. The maximum atomic E-state index is 11.8. The lowest BCUT2D eigenvalue weighted by atomic mass is 10.0. The number of aryl methyl sites for hydroxylation is 1. The van der Waals surface area contributed by atoms with Crippen molar-refractivity contribution in [3.8, 4) is 11.1 Å². The van der Waals surface area contributed by atoms with Crippen molar-refractivity contribution < 1.29 is 4.79 Å². The summed E-state index contributed by atoms with van der Waals surface area (Å²) < 4.78 is 2.03. The first-order chi connectivity index (χ1) is 9.29. The molecule has 0 spiro atoms. The van der Waals surface area contributed by atoms with Crippen LogP contribution in [0.2, 0.25) is 0 Å². The van der Waals surface area contributed by atoms with E-state index in [1.807, 2.05) is 16.9 Å². The number of hydrogen-bond donors (Lipinski definition) is 0. The number of rotatable bonds is 3. The topological polar surface area (TPSA) is 34.9 Å². The SMILES string of the molecule is O=C1CCc2ccc(-c3cnn(CC4CC4)c3)cc21. The van der Waals surface area contributed by atoms with Gasteiger partial charge < -0.3 is 0 Å². The Morgan fingerprint density at radius 1 is 1.21 bits per heavy atom. The van der Waals surface area contributed by atoms with Gasteiger partial charge in [-0.25, -0.2) is 0 Å². The lowest BCUT2D eigenvalue weighted by molar-refractivity contribution is 0.0994. The van der Waals surface area contributed by atoms with Crippen LogP contribution in [-0.4, -0.2) is 15.6 Å². The molecule has 0 N–H and O–H groups in total. The van der Waals surface area contributed by atoms with Crippen molar-refractivity contribution in [2.45, 2.75) is 32.2 Å². The molecule has 1 aromatic carbocycles. The summed E-state index contributed by atoms with van der Waals surface area (Å²) in [5.41, 5.74) is 4.32. The molecule has 1 aromatic heterocycles. The van der Waals surface area contributed by atoms with Crippen molar-refractivity contribution in [3.05, 3.63) is 41.7 Å². The van der Waals surface area contributed by atoms with Gasteiger partial charge in [-0.1, -0.05) is 12.1 Å². The van der Waals surface area contributed by atoms with Crippen molar-refractivity contribution in [2.75, 3.05) is 0 Å². The summed E-state index contributed by atoms with van der Waals surface area (Å²) in [6.45, 7) is 1.03. The van der Waals surface area contributed by atoms with Gasteiger partial charge in [-0.05, 0) is 42.4 Å². The Morgan fingerprint density at radius 3 is 2.95 bits per heavy atom. The van der Waals surface area contributed by atoms with E-state index in [0.717, 1.165) is 35.6 Å². The zero-order valence-electron chi connectivity index (χ0n) is 10.8. The summed E-state index contributed by atoms with van der Waals surface area (Å²) in [6.07, 6.45) is 8.24. The smallest absolute Gasteiger partial charge is 0.163 e. The normalized spacial score (nSPS) is 17.8. The predicted molar refractivity (Wildman–Crippen MR) is 73.0 cm³/mol. The third kappa shape index (κ3) is 1.99. The van der Waals surface area contributed by atoms with E-state index in [4.69, 9.17) is 0 Å². The van der Waals surface area contributed by atoms with Crippen LogP contribution in [0, 0.1) is 5.92 Å². The fourth-order valence-corrected chi connectivity index (χ4v) is 2.79. The average Bonchev–Trinajstić information content (AvgIpc) is 2.97. The van der Waals surface area contributed by atoms with Gasteiger partial charge in [-0.15, -0.1) is 0 Å². The Hall–Kier alpha value is -1.90. The molecule has 0 atom stereocenters. The molecule has 2 aliphatic carbocycles. The molecular formula is C16H16N2O. The van der Waals surface area contributed by atoms with Gasteiger partial charge in [-0.3, -0.25) is 9.48 Å². The zero-order chi connectivity index (χ0) is 12.8. The maximum Gasteiger partial charge on any atom is 0.163 e. The maximum absolute atomic E-state index is 11.8. The molecule has 19 heavy (non-hydrogen) atoms. The van der Waals surface area contributed by atoms with Gasteiger partial charge in [0.15, 0.2) is 5.78 Å². The summed E-state index contributed by atoms with van der Waals surface area (Å²) in [5.74, 6) is 1.11. The van der Waals surface area contributed by atoms with Crippen molar-refractivity contribution in [2.24, 2.45) is 5.92 Å². The number of carbonyl (C=O) groups excluding carboxylic acids is 1. The van der Waals surface area contributed by atoms with Crippen LogP contribution in [0.3, 0.4) is 0 Å². The fraction of sp³-hybridized carbons (Fsp3) is 0.375. The van der Waals surface area contributed by atoms with E-state index in [1.54, 1.807) is 0 Å². The standard InChI is InChI=1S/C16H16N2O/c19-16-6-5-12-3-4-13(7-15(12)16)14-8-17-18(10-14)9-11-1-2-11/h3-4,7-8,10-11H,1-2,5-6,9H2. The molecule has 3 nitrogen and oxygen atoms in total. The first-order valence-corrected chi connectivity index (χ1v) is 6.98. The monoisotopic (exact) mass is 252 g/mol. The summed E-state index contributed by atoms with van der Waals surface area (Å²) >= 11 is 0. The fourth-order valence-electron chi connectivity index (χ4n) is 2.79. The highest BCUT2D eigenvalue weighted by Gasteiger charge is 2.22. The average molecular weight is 252 g/mol. The number of Topliss-reactive ketones (excluding diaryl/α,β-unsaturated/α-hetero) is 1. The molecule has 0 saturated heterocycles. The molecule has 1 heterocycles. The first-order valence-electron chi connectivity index (χ1n) is 6.98. The van der Waals surface area contributed by atoms with Crippen molar-refractivity contribution in [1.82, 2.24) is 9.78 Å². The zero-order valence-corrected chi connectivity index (χ0v) is 10.8. The summed E-state index contributed by atoms with van der Waals surface area (Å²) in [7, 11) is 0. The third-order valence-electron chi connectivity index (χ3n) is 4.14. The van der Waals surface area contributed by atoms with E-state index in [-0.39, 0.29) is 5.78 Å². The van der Waals surface area contributed by atoms with Gasteiger partial charge in [0.1, 0.15) is 0 Å². The van der Waals surface area contributed by atoms with Gasteiger partial charge in [0.25, 0.3) is 0 Å². The van der Waals surface area contributed by atoms with Gasteiger partial charge in [0.05, 0.1) is 6.20 Å². The van der Waals surface area contributed by atoms with Gasteiger partial charge in [0.2, 0.25) is 0 Å². The van der Waals surface area contributed by atoms with Crippen molar-refractivity contribution in [1.29, 1.82) is 0 Å². The van der Waals surface area contributed by atoms with E-state index in [0.29, 0.717) is 6.42 Å². The number of carbonyl (C=O) groups is 1. The second-order valence-electron chi connectivity index (χ2n) is 5.69. The number of aromatic nitrogens is 2. The van der Waals surface area contributed by atoms with Gasteiger partial charge in [0, 0.05) is 30.3 Å². The molecule has 2 aromatic rings. The summed E-state index contributed by atoms with van der Waals surface area (Å²) in [4.78, 5) is 11.8. The Bertz CT molecular complexity index is 653. The van der Waals surface area contributed by atoms with E-state index < -0.39 is 0 Å². The number of nitrogens with zero attached hydrogens (tertiary/aromatic N) is 2. The molecule has 96 valence electrons. The largest absolute Gasteiger partial charge is 0.294 e. The highest BCUT2D eigenvalue weighted by Crippen LogP contribution is 2.31. The summed E-state index contributed by atoms with van der Waals surface area (Å²) in [5, 5.41) is 4.42. The molecule has 0 amide bonds. The van der Waals surface area contributed by atoms with Crippen LogP contribution in [0.25, 0.3) is 11.1 Å². The van der Waals surface area contributed by atoms with Gasteiger partial charge >= 0.3 is 0 Å². The minimum absolute atomic E-state index is 0.280. The van der Waals surface area contributed by atoms with E-state index in [1.165, 1.54) is 18.4 Å². The Kier molecular flexibility index (Phi) is 2.34. The minimum atomic E-state index is 0.280. The second kappa shape index (κ2) is 4.05. The minimum Gasteiger partial charge on any atom is -0.294 e. The molecular weight excluding hydrogens is 236 g/mol. The van der Waals surface area contributed by atoms with E-state index in [9.17, 15) is 4.79 Å². The molecule has 4 rings (SSSR count). The van der Waals surface area contributed by atoms with Crippen molar-refractivity contribution >= 4 is 5.78 Å². The Balaban J connectivity index is 1.66. The Labute approximate surface area is 112 Å². The molecule has 3 heteroatoms. The van der Waals surface area contributed by atoms with Crippen molar-refractivity contribution in [3.63, 3.8) is 0 Å². The summed E-state index contributed by atoms with van der Waals surface area (Å²) in [6, 6.07) is 6.23. The number of ketones is 1. The van der Waals surface area contributed by atoms with Gasteiger partial charge in [-0.2, -0.15) is 5.10 Å². The van der Waals surface area contributed by atoms with Crippen LogP contribution in [0.15, 0.2) is 30.6 Å². The van der Waals surface area contributed by atoms with Crippen LogP contribution in [0.1, 0.15) is 35.2 Å². The van der Waals surface area contributed by atoms with Crippen LogP contribution in [-0.2, 0) is 13.0 Å². The number of benzene rings is 1. The van der Waals surface area contributed by atoms with E-state index in [2.05, 4.69) is 23.4 Å². The molecule has 0 radical (unpaired) electrons.